The van der Waals surface area contributed by atoms with Crippen LogP contribution in [0.4, 0.5) is 0 Å². The number of ether oxygens (including phenoxy) is 1. The third-order valence-corrected chi connectivity index (χ3v) is 2.67. The lowest BCUT2D eigenvalue weighted by Gasteiger charge is -2.26. The number of rotatable bonds is 4. The van der Waals surface area contributed by atoms with Gasteiger partial charge in [0, 0.05) is 0 Å². The minimum Gasteiger partial charge on any atom is -0.497 e. The maximum atomic E-state index is 11.0. The van der Waals surface area contributed by atoms with E-state index < -0.39 is 17.5 Å². The average Bonchev–Trinajstić information content (AvgIpc) is 2.28. The van der Waals surface area contributed by atoms with Gasteiger partial charge in [-0.2, -0.15) is 0 Å². The Hall–Kier alpha value is -1.55. The molecule has 0 aromatic heterocycles. The fourth-order valence-electron chi connectivity index (χ4n) is 1.32. The number of methoxy groups -OCH3 is 1. The zero-order chi connectivity index (χ0) is 12.3. The largest absolute Gasteiger partial charge is 0.497 e. The molecule has 4 nitrogen and oxygen atoms in total. The Morgan fingerprint density at radius 2 is 1.81 bits per heavy atom. The second-order valence-corrected chi connectivity index (χ2v) is 4.20. The lowest BCUT2D eigenvalue weighted by atomic mass is 9.83. The quantitative estimate of drug-likeness (QED) is 0.819. The van der Waals surface area contributed by atoms with Crippen LogP contribution in [0.2, 0.25) is 0 Å². The summed E-state index contributed by atoms with van der Waals surface area (Å²) in [6.45, 7) is 2.98. The molecule has 88 valence electrons. The summed E-state index contributed by atoms with van der Waals surface area (Å²) < 4.78 is 4.98. The van der Waals surface area contributed by atoms with Gasteiger partial charge >= 0.3 is 5.97 Å². The molecule has 0 aliphatic heterocycles. The van der Waals surface area contributed by atoms with E-state index in [9.17, 15) is 9.90 Å². The highest BCUT2D eigenvalue weighted by Gasteiger charge is 2.36. The number of aliphatic carboxylic acids is 1. The van der Waals surface area contributed by atoms with Crippen molar-refractivity contribution in [2.24, 2.45) is 5.41 Å². The van der Waals surface area contributed by atoms with Gasteiger partial charge in [0.2, 0.25) is 0 Å². The van der Waals surface area contributed by atoms with Crippen molar-refractivity contribution in [3.05, 3.63) is 29.8 Å². The minimum absolute atomic E-state index is 0.563. The van der Waals surface area contributed by atoms with Gasteiger partial charge in [-0.15, -0.1) is 0 Å². The smallest absolute Gasteiger partial charge is 0.312 e. The summed E-state index contributed by atoms with van der Waals surface area (Å²) >= 11 is 0. The first-order valence-corrected chi connectivity index (χ1v) is 4.95. The molecule has 0 spiro atoms. The van der Waals surface area contributed by atoms with Crippen LogP contribution in [-0.4, -0.2) is 23.3 Å². The molecular formula is C12H16O4. The van der Waals surface area contributed by atoms with Crippen molar-refractivity contribution in [2.75, 3.05) is 7.11 Å². The third-order valence-electron chi connectivity index (χ3n) is 2.67. The van der Waals surface area contributed by atoms with Gasteiger partial charge in [-0.1, -0.05) is 12.1 Å². The molecule has 0 fully saturated rings. The van der Waals surface area contributed by atoms with E-state index in [1.807, 2.05) is 0 Å². The zero-order valence-electron chi connectivity index (χ0n) is 9.60. The van der Waals surface area contributed by atoms with Crippen molar-refractivity contribution in [1.29, 1.82) is 0 Å². The molecule has 16 heavy (non-hydrogen) atoms. The van der Waals surface area contributed by atoms with Gasteiger partial charge in [0.1, 0.15) is 5.75 Å². The molecule has 1 rings (SSSR count). The zero-order valence-corrected chi connectivity index (χ0v) is 9.60. The summed E-state index contributed by atoms with van der Waals surface area (Å²) in [6.07, 6.45) is -1.05. The van der Waals surface area contributed by atoms with Crippen molar-refractivity contribution in [2.45, 2.75) is 20.0 Å². The normalized spacial score (nSPS) is 13.2. The first-order chi connectivity index (χ1) is 7.39. The van der Waals surface area contributed by atoms with E-state index in [0.29, 0.717) is 11.3 Å². The Morgan fingerprint density at radius 1 is 1.31 bits per heavy atom. The van der Waals surface area contributed by atoms with Gasteiger partial charge in [0.05, 0.1) is 18.6 Å². The lowest BCUT2D eigenvalue weighted by molar-refractivity contribution is -0.153. The van der Waals surface area contributed by atoms with Crippen LogP contribution >= 0.6 is 0 Å². The van der Waals surface area contributed by atoms with E-state index in [-0.39, 0.29) is 0 Å². The SMILES string of the molecule is COc1ccc([C@@H](O)C(C)(C)C(=O)O)cc1. The number of aliphatic hydroxyl groups excluding tert-OH is 1. The third kappa shape index (κ3) is 2.33. The molecule has 2 N–H and O–H groups in total. The van der Waals surface area contributed by atoms with Crippen LogP contribution in [0.1, 0.15) is 25.5 Å². The number of carboxylic acids is 1. The molecule has 0 saturated carbocycles. The highest BCUT2D eigenvalue weighted by Crippen LogP contribution is 2.33. The summed E-state index contributed by atoms with van der Waals surface area (Å²) in [6, 6.07) is 6.70. The second kappa shape index (κ2) is 4.53. The highest BCUT2D eigenvalue weighted by atomic mass is 16.5. The maximum Gasteiger partial charge on any atom is 0.312 e. The Labute approximate surface area is 94.5 Å². The summed E-state index contributed by atoms with van der Waals surface area (Å²) in [7, 11) is 1.55. The first kappa shape index (κ1) is 12.5. The highest BCUT2D eigenvalue weighted by molar-refractivity contribution is 5.74. The number of hydrogen-bond acceptors (Lipinski definition) is 3. The predicted molar refractivity (Wildman–Crippen MR) is 59.4 cm³/mol. The lowest BCUT2D eigenvalue weighted by Crippen LogP contribution is -2.31. The Balaban J connectivity index is 2.96. The van der Waals surface area contributed by atoms with E-state index in [1.165, 1.54) is 13.8 Å². The van der Waals surface area contributed by atoms with Crippen LogP contribution in [0.25, 0.3) is 0 Å². The first-order valence-electron chi connectivity index (χ1n) is 4.95. The van der Waals surface area contributed by atoms with E-state index in [4.69, 9.17) is 9.84 Å². The Bertz CT molecular complexity index is 367. The molecule has 0 radical (unpaired) electrons. The van der Waals surface area contributed by atoms with Gasteiger partial charge in [-0.05, 0) is 31.5 Å². The summed E-state index contributed by atoms with van der Waals surface area (Å²) in [5.41, 5.74) is -0.651. The Morgan fingerprint density at radius 3 is 2.19 bits per heavy atom. The molecule has 0 amide bonds. The molecule has 0 aliphatic rings. The van der Waals surface area contributed by atoms with Crippen LogP contribution in [0.15, 0.2) is 24.3 Å². The average molecular weight is 224 g/mol. The summed E-state index contributed by atoms with van der Waals surface area (Å²) in [5, 5.41) is 18.9. The van der Waals surface area contributed by atoms with Crippen molar-refractivity contribution in [3.63, 3.8) is 0 Å². The molecule has 0 heterocycles. The number of benzene rings is 1. The van der Waals surface area contributed by atoms with Gasteiger partial charge in [-0.25, -0.2) is 0 Å². The maximum absolute atomic E-state index is 11.0. The fourth-order valence-corrected chi connectivity index (χ4v) is 1.32. The molecule has 0 aliphatic carbocycles. The number of carbonyl (C=O) groups is 1. The van der Waals surface area contributed by atoms with Gasteiger partial charge in [0.25, 0.3) is 0 Å². The van der Waals surface area contributed by atoms with E-state index in [2.05, 4.69) is 0 Å². The summed E-state index contributed by atoms with van der Waals surface area (Å²) in [5.74, 6) is -0.361. The Kier molecular flexibility index (Phi) is 3.55. The molecule has 1 aromatic rings. The predicted octanol–water partition coefficient (Wildman–Crippen LogP) is 1.84. The van der Waals surface area contributed by atoms with Gasteiger partial charge in [-0.3, -0.25) is 4.79 Å². The number of aliphatic hydroxyl groups is 1. The topological polar surface area (TPSA) is 66.8 Å². The van der Waals surface area contributed by atoms with Crippen LogP contribution in [0.5, 0.6) is 5.75 Å². The number of hydrogen-bond donors (Lipinski definition) is 2. The van der Waals surface area contributed by atoms with E-state index >= 15 is 0 Å². The van der Waals surface area contributed by atoms with Crippen molar-refractivity contribution in [1.82, 2.24) is 0 Å². The molecular weight excluding hydrogens is 208 g/mol. The standard InChI is InChI=1S/C12H16O4/c1-12(2,11(14)15)10(13)8-4-6-9(16-3)7-5-8/h4-7,10,13H,1-3H3,(H,14,15)/t10-/m1/s1. The molecule has 1 aromatic carbocycles. The molecule has 0 unspecified atom stereocenters. The molecule has 0 bridgehead atoms. The van der Waals surface area contributed by atoms with Crippen molar-refractivity contribution >= 4 is 5.97 Å². The van der Waals surface area contributed by atoms with E-state index in [1.54, 1.807) is 31.4 Å². The van der Waals surface area contributed by atoms with Gasteiger partial charge < -0.3 is 14.9 Å². The fraction of sp³-hybridized carbons (Fsp3) is 0.417. The molecule has 0 saturated heterocycles. The van der Waals surface area contributed by atoms with Crippen molar-refractivity contribution in [3.8, 4) is 5.75 Å². The molecule has 1 atom stereocenters. The second-order valence-electron chi connectivity index (χ2n) is 4.20. The molecule has 4 heteroatoms. The van der Waals surface area contributed by atoms with E-state index in [0.717, 1.165) is 0 Å². The van der Waals surface area contributed by atoms with Crippen molar-refractivity contribution < 1.29 is 19.7 Å². The van der Waals surface area contributed by atoms with Crippen LogP contribution in [0, 0.1) is 5.41 Å². The van der Waals surface area contributed by atoms with Gasteiger partial charge in [0.15, 0.2) is 0 Å². The van der Waals surface area contributed by atoms with Crippen LogP contribution in [0.3, 0.4) is 0 Å². The van der Waals surface area contributed by atoms with Crippen LogP contribution < -0.4 is 4.74 Å². The monoisotopic (exact) mass is 224 g/mol. The minimum atomic E-state index is -1.21. The summed E-state index contributed by atoms with van der Waals surface area (Å²) in [4.78, 5) is 11.0. The number of carboxylic acid groups (broad SMARTS) is 1. The van der Waals surface area contributed by atoms with Crippen LogP contribution in [-0.2, 0) is 4.79 Å².